The first-order valence-corrected chi connectivity index (χ1v) is 8.39. The van der Waals surface area contributed by atoms with E-state index < -0.39 is 0 Å². The molecule has 1 aromatic rings. The molecule has 1 aromatic heterocycles. The SMILES string of the molecule is CC(C)CC1CN=C(NC(C)Cc2cccs2)S1. The second-order valence-corrected chi connectivity index (χ2v) is 7.67. The fraction of sp³-hybridized carbons (Fsp3) is 0.643. The van der Waals surface area contributed by atoms with Crippen LogP contribution in [-0.2, 0) is 6.42 Å². The molecule has 0 radical (unpaired) electrons. The van der Waals surface area contributed by atoms with Crippen molar-refractivity contribution in [1.82, 2.24) is 5.32 Å². The number of amidine groups is 1. The van der Waals surface area contributed by atoms with Crippen LogP contribution in [0.5, 0.6) is 0 Å². The number of rotatable bonds is 5. The van der Waals surface area contributed by atoms with E-state index in [1.54, 1.807) is 0 Å². The highest BCUT2D eigenvalue weighted by Crippen LogP contribution is 2.25. The van der Waals surface area contributed by atoms with Gasteiger partial charge in [-0.1, -0.05) is 31.7 Å². The van der Waals surface area contributed by atoms with Crippen LogP contribution in [0.4, 0.5) is 0 Å². The minimum Gasteiger partial charge on any atom is -0.362 e. The molecule has 2 rings (SSSR count). The molecule has 0 aromatic carbocycles. The van der Waals surface area contributed by atoms with E-state index >= 15 is 0 Å². The molecule has 18 heavy (non-hydrogen) atoms. The van der Waals surface area contributed by atoms with E-state index in [0.717, 1.165) is 24.1 Å². The molecule has 0 bridgehead atoms. The van der Waals surface area contributed by atoms with Crippen molar-refractivity contribution >= 4 is 28.3 Å². The van der Waals surface area contributed by atoms with Crippen LogP contribution >= 0.6 is 23.1 Å². The van der Waals surface area contributed by atoms with Crippen molar-refractivity contribution in [2.45, 2.75) is 44.9 Å². The van der Waals surface area contributed by atoms with Gasteiger partial charge in [0.25, 0.3) is 0 Å². The number of nitrogens with one attached hydrogen (secondary N) is 1. The Labute approximate surface area is 118 Å². The molecule has 2 heterocycles. The summed E-state index contributed by atoms with van der Waals surface area (Å²) in [7, 11) is 0. The molecule has 0 spiro atoms. The van der Waals surface area contributed by atoms with Gasteiger partial charge in [0.05, 0.1) is 6.54 Å². The van der Waals surface area contributed by atoms with Crippen molar-refractivity contribution < 1.29 is 0 Å². The van der Waals surface area contributed by atoms with Crippen LogP contribution in [0.2, 0.25) is 0 Å². The average molecular weight is 282 g/mol. The molecule has 2 unspecified atom stereocenters. The summed E-state index contributed by atoms with van der Waals surface area (Å²) >= 11 is 3.75. The van der Waals surface area contributed by atoms with Gasteiger partial charge < -0.3 is 5.32 Å². The molecule has 1 aliphatic rings. The minimum absolute atomic E-state index is 0.465. The van der Waals surface area contributed by atoms with Crippen molar-refractivity contribution in [3.63, 3.8) is 0 Å². The van der Waals surface area contributed by atoms with Crippen LogP contribution in [0.25, 0.3) is 0 Å². The van der Waals surface area contributed by atoms with Gasteiger partial charge in [0.15, 0.2) is 5.17 Å². The Kier molecular flexibility index (Phi) is 5.13. The molecule has 0 saturated heterocycles. The topological polar surface area (TPSA) is 24.4 Å². The Bertz CT molecular complexity index is 385. The lowest BCUT2D eigenvalue weighted by molar-refractivity contribution is 0.575. The van der Waals surface area contributed by atoms with Gasteiger partial charge >= 0.3 is 0 Å². The summed E-state index contributed by atoms with van der Waals surface area (Å²) in [5.41, 5.74) is 0. The molecular formula is C14H22N2S2. The first kappa shape index (κ1) is 13.9. The maximum absolute atomic E-state index is 4.61. The molecule has 0 aliphatic carbocycles. The molecule has 2 nitrogen and oxygen atoms in total. The Balaban J connectivity index is 1.74. The molecule has 1 aliphatic heterocycles. The lowest BCUT2D eigenvalue weighted by atomic mass is 10.1. The Morgan fingerprint density at radius 3 is 2.94 bits per heavy atom. The molecule has 2 atom stereocenters. The second-order valence-electron chi connectivity index (χ2n) is 5.34. The number of hydrogen-bond donors (Lipinski definition) is 1. The average Bonchev–Trinajstić information content (AvgIpc) is 2.89. The smallest absolute Gasteiger partial charge is 0.157 e. The highest BCUT2D eigenvalue weighted by Gasteiger charge is 2.21. The van der Waals surface area contributed by atoms with E-state index in [1.807, 2.05) is 23.1 Å². The minimum atomic E-state index is 0.465. The summed E-state index contributed by atoms with van der Waals surface area (Å²) in [6.07, 6.45) is 2.35. The molecule has 4 heteroatoms. The maximum atomic E-state index is 4.61. The van der Waals surface area contributed by atoms with E-state index in [0.29, 0.717) is 11.3 Å². The zero-order valence-electron chi connectivity index (χ0n) is 11.3. The standard InChI is InChI=1S/C14H22N2S2/c1-10(2)7-13-9-15-14(18-13)16-11(3)8-12-5-4-6-17-12/h4-6,10-11,13H,7-9H2,1-3H3,(H,15,16). The van der Waals surface area contributed by atoms with Crippen molar-refractivity contribution in [2.75, 3.05) is 6.54 Å². The number of thiophene rings is 1. The predicted molar refractivity (Wildman–Crippen MR) is 83.8 cm³/mol. The first-order valence-electron chi connectivity index (χ1n) is 6.63. The molecular weight excluding hydrogens is 260 g/mol. The quantitative estimate of drug-likeness (QED) is 0.888. The normalized spacial score (nSPS) is 21.1. The molecule has 1 N–H and O–H groups in total. The monoisotopic (exact) mass is 282 g/mol. The number of aliphatic imine (C=N–C) groups is 1. The van der Waals surface area contributed by atoms with Crippen LogP contribution < -0.4 is 5.32 Å². The van der Waals surface area contributed by atoms with Gasteiger partial charge in [0.1, 0.15) is 0 Å². The number of thioether (sulfide) groups is 1. The summed E-state index contributed by atoms with van der Waals surface area (Å²) in [6.45, 7) is 7.78. The lowest BCUT2D eigenvalue weighted by Gasteiger charge is -2.15. The van der Waals surface area contributed by atoms with E-state index in [1.165, 1.54) is 11.3 Å². The third-order valence-corrected chi connectivity index (χ3v) is 4.95. The largest absolute Gasteiger partial charge is 0.362 e. The highest BCUT2D eigenvalue weighted by molar-refractivity contribution is 8.14. The van der Waals surface area contributed by atoms with Gasteiger partial charge in [-0.2, -0.15) is 0 Å². The van der Waals surface area contributed by atoms with Gasteiger partial charge in [0.2, 0.25) is 0 Å². The summed E-state index contributed by atoms with van der Waals surface area (Å²) < 4.78 is 0. The summed E-state index contributed by atoms with van der Waals surface area (Å²) in [4.78, 5) is 6.05. The molecule has 0 amide bonds. The number of nitrogens with zero attached hydrogens (tertiary/aromatic N) is 1. The lowest BCUT2D eigenvalue weighted by Crippen LogP contribution is -2.31. The summed E-state index contributed by atoms with van der Waals surface area (Å²) in [6, 6.07) is 4.79. The summed E-state index contributed by atoms with van der Waals surface area (Å²) in [5.74, 6) is 0.764. The van der Waals surface area contributed by atoms with E-state index in [4.69, 9.17) is 0 Å². The third-order valence-electron chi connectivity index (χ3n) is 2.91. The molecule has 100 valence electrons. The Morgan fingerprint density at radius 2 is 2.28 bits per heavy atom. The Hall–Kier alpha value is -0.480. The van der Waals surface area contributed by atoms with Gasteiger partial charge in [-0.15, -0.1) is 11.3 Å². The van der Waals surface area contributed by atoms with Crippen LogP contribution in [0.1, 0.15) is 32.1 Å². The maximum Gasteiger partial charge on any atom is 0.157 e. The fourth-order valence-electron chi connectivity index (χ4n) is 2.14. The van der Waals surface area contributed by atoms with Gasteiger partial charge in [-0.3, -0.25) is 4.99 Å². The van der Waals surface area contributed by atoms with Crippen molar-refractivity contribution in [1.29, 1.82) is 0 Å². The van der Waals surface area contributed by atoms with E-state index in [-0.39, 0.29) is 0 Å². The van der Waals surface area contributed by atoms with E-state index in [9.17, 15) is 0 Å². The zero-order valence-corrected chi connectivity index (χ0v) is 13.0. The zero-order chi connectivity index (χ0) is 13.0. The molecule has 0 fully saturated rings. The fourth-order valence-corrected chi connectivity index (χ4v) is 4.34. The number of hydrogen-bond acceptors (Lipinski definition) is 4. The highest BCUT2D eigenvalue weighted by atomic mass is 32.2. The van der Waals surface area contributed by atoms with Crippen LogP contribution in [0.3, 0.4) is 0 Å². The van der Waals surface area contributed by atoms with Crippen molar-refractivity contribution in [2.24, 2.45) is 10.9 Å². The third kappa shape index (κ3) is 4.32. The molecule has 0 saturated carbocycles. The summed E-state index contributed by atoms with van der Waals surface area (Å²) in [5, 5.41) is 7.51. The van der Waals surface area contributed by atoms with Crippen molar-refractivity contribution in [3.8, 4) is 0 Å². The van der Waals surface area contributed by atoms with Gasteiger partial charge in [0, 0.05) is 22.6 Å². The van der Waals surface area contributed by atoms with Gasteiger partial charge in [-0.05, 0) is 30.7 Å². The first-order chi connectivity index (χ1) is 8.63. The predicted octanol–water partition coefficient (Wildman–Crippen LogP) is 3.79. The second kappa shape index (κ2) is 6.62. The van der Waals surface area contributed by atoms with Crippen molar-refractivity contribution in [3.05, 3.63) is 22.4 Å². The van der Waals surface area contributed by atoms with Crippen LogP contribution in [0.15, 0.2) is 22.5 Å². The van der Waals surface area contributed by atoms with E-state index in [2.05, 4.69) is 48.6 Å². The van der Waals surface area contributed by atoms with Crippen LogP contribution in [-0.4, -0.2) is 23.0 Å². The Morgan fingerprint density at radius 1 is 1.44 bits per heavy atom. The van der Waals surface area contributed by atoms with Crippen LogP contribution in [0, 0.1) is 5.92 Å². The van der Waals surface area contributed by atoms with Gasteiger partial charge in [-0.25, -0.2) is 0 Å².